The lowest BCUT2D eigenvalue weighted by molar-refractivity contribution is 0.0940. The first-order valence-corrected chi connectivity index (χ1v) is 8.50. The number of rotatable bonds is 4. The highest BCUT2D eigenvalue weighted by molar-refractivity contribution is 7.13. The summed E-state index contributed by atoms with van der Waals surface area (Å²) < 4.78 is 13.8. The van der Waals surface area contributed by atoms with Gasteiger partial charge in [0.15, 0.2) is 0 Å². The van der Waals surface area contributed by atoms with Gasteiger partial charge < -0.3 is 5.32 Å². The molecule has 7 heteroatoms. The van der Waals surface area contributed by atoms with Gasteiger partial charge in [0.1, 0.15) is 22.6 Å². The number of hydrogen-bond donors (Lipinski definition) is 1. The monoisotopic (exact) mass is 371 g/mol. The van der Waals surface area contributed by atoms with E-state index in [1.165, 1.54) is 29.5 Å². The standard InChI is InChI=1S/C18H11ClFN3OS/c19-12-5-3-4-11(8-12)18-23-16(10-25-18)17(24)22-15(9-21)13-6-1-2-7-14(13)20/h1-8,10,15H,(H,22,24). The number of aromatic nitrogens is 1. The van der Waals surface area contributed by atoms with Crippen molar-refractivity contribution in [3.05, 3.63) is 76.0 Å². The highest BCUT2D eigenvalue weighted by Crippen LogP contribution is 2.26. The highest BCUT2D eigenvalue weighted by Gasteiger charge is 2.20. The third-order valence-corrected chi connectivity index (χ3v) is 4.56. The topological polar surface area (TPSA) is 65.8 Å². The first-order valence-electron chi connectivity index (χ1n) is 7.25. The Kier molecular flexibility index (Phi) is 5.08. The van der Waals surface area contributed by atoms with Gasteiger partial charge in [0.05, 0.1) is 6.07 Å². The Labute approximate surface area is 152 Å². The molecule has 0 spiro atoms. The summed E-state index contributed by atoms with van der Waals surface area (Å²) in [6.07, 6.45) is 0. The molecule has 0 aliphatic heterocycles. The van der Waals surface area contributed by atoms with E-state index in [1.807, 2.05) is 12.1 Å². The zero-order valence-electron chi connectivity index (χ0n) is 12.7. The van der Waals surface area contributed by atoms with Crippen LogP contribution in [0.1, 0.15) is 22.1 Å². The number of halogens is 2. The van der Waals surface area contributed by atoms with Gasteiger partial charge in [-0.3, -0.25) is 4.79 Å². The van der Waals surface area contributed by atoms with Crippen molar-refractivity contribution in [3.63, 3.8) is 0 Å². The molecule has 1 unspecified atom stereocenters. The number of carbonyl (C=O) groups excluding carboxylic acids is 1. The molecule has 0 saturated heterocycles. The molecule has 1 aromatic heterocycles. The van der Waals surface area contributed by atoms with Crippen LogP contribution in [0.15, 0.2) is 53.9 Å². The first kappa shape index (κ1) is 17.1. The number of hydrogen-bond acceptors (Lipinski definition) is 4. The third kappa shape index (κ3) is 3.85. The Morgan fingerprint density at radius 1 is 1.28 bits per heavy atom. The second-order valence-electron chi connectivity index (χ2n) is 5.11. The van der Waals surface area contributed by atoms with Crippen LogP contribution in [-0.4, -0.2) is 10.9 Å². The fourth-order valence-electron chi connectivity index (χ4n) is 2.23. The van der Waals surface area contributed by atoms with Gasteiger partial charge in [-0.05, 0) is 18.2 Å². The van der Waals surface area contributed by atoms with Crippen LogP contribution in [0.4, 0.5) is 4.39 Å². The van der Waals surface area contributed by atoms with Gasteiger partial charge in [-0.25, -0.2) is 9.37 Å². The number of nitriles is 1. The number of thiazole rings is 1. The average molecular weight is 372 g/mol. The molecule has 0 aliphatic carbocycles. The van der Waals surface area contributed by atoms with Gasteiger partial charge in [0, 0.05) is 21.5 Å². The fourth-order valence-corrected chi connectivity index (χ4v) is 3.21. The Balaban J connectivity index is 1.80. The molecule has 3 rings (SSSR count). The average Bonchev–Trinajstić information content (AvgIpc) is 3.10. The molecule has 0 radical (unpaired) electrons. The van der Waals surface area contributed by atoms with E-state index in [9.17, 15) is 14.4 Å². The third-order valence-electron chi connectivity index (χ3n) is 3.43. The largest absolute Gasteiger partial charge is 0.331 e. The van der Waals surface area contributed by atoms with Crippen LogP contribution in [0, 0.1) is 17.1 Å². The maximum absolute atomic E-state index is 13.8. The van der Waals surface area contributed by atoms with Crippen molar-refractivity contribution in [2.45, 2.75) is 6.04 Å². The molecule has 1 N–H and O–H groups in total. The number of benzene rings is 2. The molecule has 0 fully saturated rings. The zero-order chi connectivity index (χ0) is 17.8. The molecular formula is C18H11ClFN3OS. The van der Waals surface area contributed by atoms with Crippen LogP contribution in [0.25, 0.3) is 10.6 Å². The van der Waals surface area contributed by atoms with E-state index in [1.54, 1.807) is 29.6 Å². The number of nitrogens with one attached hydrogen (secondary N) is 1. The predicted molar refractivity (Wildman–Crippen MR) is 94.8 cm³/mol. The molecule has 25 heavy (non-hydrogen) atoms. The lowest BCUT2D eigenvalue weighted by Crippen LogP contribution is -2.28. The normalized spacial score (nSPS) is 11.6. The molecule has 124 valence electrons. The summed E-state index contributed by atoms with van der Waals surface area (Å²) in [5.41, 5.74) is 1.07. The maximum atomic E-state index is 13.8. The van der Waals surface area contributed by atoms with Crippen LogP contribution < -0.4 is 5.32 Å². The first-order chi connectivity index (χ1) is 12.1. The van der Waals surface area contributed by atoms with Gasteiger partial charge in [-0.2, -0.15) is 5.26 Å². The van der Waals surface area contributed by atoms with Crippen molar-refractivity contribution in [2.75, 3.05) is 0 Å². The molecule has 2 aromatic carbocycles. The van der Waals surface area contributed by atoms with Crippen molar-refractivity contribution in [1.29, 1.82) is 5.26 Å². The zero-order valence-corrected chi connectivity index (χ0v) is 14.3. The SMILES string of the molecule is N#CC(NC(=O)c1csc(-c2cccc(Cl)c2)n1)c1ccccc1F. The summed E-state index contributed by atoms with van der Waals surface area (Å²) in [4.78, 5) is 16.6. The van der Waals surface area contributed by atoms with Gasteiger partial charge in [0.2, 0.25) is 0 Å². The van der Waals surface area contributed by atoms with Crippen molar-refractivity contribution in [1.82, 2.24) is 10.3 Å². The molecule has 1 heterocycles. The van der Waals surface area contributed by atoms with Crippen LogP contribution in [-0.2, 0) is 0 Å². The van der Waals surface area contributed by atoms with E-state index in [2.05, 4.69) is 10.3 Å². The van der Waals surface area contributed by atoms with Crippen molar-refractivity contribution < 1.29 is 9.18 Å². The number of nitrogens with zero attached hydrogens (tertiary/aromatic N) is 2. The van der Waals surface area contributed by atoms with Gasteiger partial charge in [-0.1, -0.05) is 41.9 Å². The maximum Gasteiger partial charge on any atom is 0.272 e. The van der Waals surface area contributed by atoms with E-state index in [-0.39, 0.29) is 11.3 Å². The lowest BCUT2D eigenvalue weighted by atomic mass is 10.1. The van der Waals surface area contributed by atoms with E-state index in [4.69, 9.17) is 11.6 Å². The van der Waals surface area contributed by atoms with E-state index < -0.39 is 17.8 Å². The molecule has 1 amide bonds. The summed E-state index contributed by atoms with van der Waals surface area (Å²) in [5.74, 6) is -1.09. The van der Waals surface area contributed by atoms with Crippen molar-refractivity contribution in [2.24, 2.45) is 0 Å². The Morgan fingerprint density at radius 3 is 2.80 bits per heavy atom. The summed E-state index contributed by atoms with van der Waals surface area (Å²) in [7, 11) is 0. The summed E-state index contributed by atoms with van der Waals surface area (Å²) in [6, 6.07) is 13.8. The molecule has 0 bridgehead atoms. The summed E-state index contributed by atoms with van der Waals surface area (Å²) in [5, 5.41) is 14.5. The lowest BCUT2D eigenvalue weighted by Gasteiger charge is -2.11. The van der Waals surface area contributed by atoms with Crippen molar-refractivity contribution in [3.8, 4) is 16.6 Å². The number of carbonyl (C=O) groups is 1. The van der Waals surface area contributed by atoms with Gasteiger partial charge >= 0.3 is 0 Å². The van der Waals surface area contributed by atoms with Crippen LogP contribution in [0.2, 0.25) is 5.02 Å². The van der Waals surface area contributed by atoms with Crippen molar-refractivity contribution >= 4 is 28.8 Å². The van der Waals surface area contributed by atoms with Crippen LogP contribution >= 0.6 is 22.9 Å². The molecule has 1 atom stereocenters. The second-order valence-corrected chi connectivity index (χ2v) is 6.40. The minimum absolute atomic E-state index is 0.114. The minimum atomic E-state index is -1.09. The Morgan fingerprint density at radius 2 is 2.08 bits per heavy atom. The fraction of sp³-hybridized carbons (Fsp3) is 0.0556. The Bertz CT molecular complexity index is 967. The number of amides is 1. The quantitative estimate of drug-likeness (QED) is 0.729. The van der Waals surface area contributed by atoms with E-state index in [0.717, 1.165) is 5.56 Å². The smallest absolute Gasteiger partial charge is 0.272 e. The molecule has 0 aliphatic rings. The Hall–Kier alpha value is -2.75. The predicted octanol–water partition coefficient (Wildman–Crippen LogP) is 4.60. The molecular weight excluding hydrogens is 361 g/mol. The van der Waals surface area contributed by atoms with E-state index in [0.29, 0.717) is 10.0 Å². The highest BCUT2D eigenvalue weighted by atomic mass is 35.5. The summed E-state index contributed by atoms with van der Waals surface area (Å²) in [6.45, 7) is 0. The van der Waals surface area contributed by atoms with E-state index >= 15 is 0 Å². The molecule has 4 nitrogen and oxygen atoms in total. The van der Waals surface area contributed by atoms with Gasteiger partial charge in [0.25, 0.3) is 5.91 Å². The van der Waals surface area contributed by atoms with Crippen LogP contribution in [0.3, 0.4) is 0 Å². The molecule has 3 aromatic rings. The van der Waals surface area contributed by atoms with Crippen LogP contribution in [0.5, 0.6) is 0 Å². The minimum Gasteiger partial charge on any atom is -0.331 e. The van der Waals surface area contributed by atoms with Gasteiger partial charge in [-0.15, -0.1) is 11.3 Å². The second kappa shape index (κ2) is 7.43. The molecule has 0 saturated carbocycles. The summed E-state index contributed by atoms with van der Waals surface area (Å²) >= 11 is 7.25.